The van der Waals surface area contributed by atoms with E-state index in [2.05, 4.69) is 42.4 Å². The van der Waals surface area contributed by atoms with E-state index in [1.165, 1.54) is 6.20 Å². The molecule has 4 aromatic carbocycles. The SMILES string of the molecule is Cc1c(COc2ccc(CNC[C@@H](O)CC(=O)O)cc2)cccc1-c1cccc(COc2cc(OCc3cncc(C#N)c3)c(CCC[C@@H](O)CC(=O)O)cc2Cl)c1C. The number of carboxylic acid groups (broad SMARTS) is 2. The molecular weight excluding hydrogens is 774 g/mol. The minimum atomic E-state index is -1.06. The summed E-state index contributed by atoms with van der Waals surface area (Å²) in [6.07, 6.45) is 1.83. The molecule has 0 aliphatic heterocycles. The number of rotatable bonds is 22. The van der Waals surface area contributed by atoms with Gasteiger partial charge in [-0.15, -0.1) is 0 Å². The van der Waals surface area contributed by atoms with Gasteiger partial charge in [-0.2, -0.15) is 5.26 Å². The van der Waals surface area contributed by atoms with Crippen molar-refractivity contribution in [3.05, 3.63) is 141 Å². The number of aliphatic hydroxyl groups is 2. The van der Waals surface area contributed by atoms with E-state index in [4.69, 9.17) is 36.0 Å². The number of nitrogens with zero attached hydrogens (tertiary/aromatic N) is 2. The number of nitriles is 1. The molecule has 308 valence electrons. The fraction of sp³-hybridized carbons (Fsp3) is 0.304. The van der Waals surface area contributed by atoms with E-state index in [-0.39, 0.29) is 32.6 Å². The molecule has 0 saturated heterocycles. The number of aliphatic hydroxyl groups excluding tert-OH is 2. The summed E-state index contributed by atoms with van der Waals surface area (Å²) in [4.78, 5) is 25.9. The highest BCUT2D eigenvalue weighted by atomic mass is 35.5. The monoisotopic (exact) mass is 821 g/mol. The fourth-order valence-electron chi connectivity index (χ4n) is 6.58. The van der Waals surface area contributed by atoms with Crippen LogP contribution in [0.3, 0.4) is 0 Å². The number of carbonyl (C=O) groups is 2. The quantitative estimate of drug-likeness (QED) is 0.0458. The van der Waals surface area contributed by atoms with Crippen molar-refractivity contribution in [1.82, 2.24) is 10.3 Å². The highest BCUT2D eigenvalue weighted by Crippen LogP contribution is 2.36. The molecular formula is C46H48ClN3O9. The first-order valence-electron chi connectivity index (χ1n) is 19.2. The van der Waals surface area contributed by atoms with Gasteiger partial charge in [0.1, 0.15) is 43.1 Å². The molecule has 1 aromatic heterocycles. The molecule has 2 atom stereocenters. The molecule has 0 aliphatic rings. The van der Waals surface area contributed by atoms with Gasteiger partial charge in [-0.05, 0) is 102 Å². The lowest BCUT2D eigenvalue weighted by Gasteiger charge is -2.18. The van der Waals surface area contributed by atoms with Crippen molar-refractivity contribution in [2.24, 2.45) is 0 Å². The summed E-state index contributed by atoms with van der Waals surface area (Å²) in [5.74, 6) is -0.462. The lowest BCUT2D eigenvalue weighted by Crippen LogP contribution is -2.28. The number of hydrogen-bond donors (Lipinski definition) is 5. The Labute approximate surface area is 348 Å². The Balaban J connectivity index is 1.26. The number of benzene rings is 4. The van der Waals surface area contributed by atoms with Gasteiger partial charge in [-0.25, -0.2) is 0 Å². The van der Waals surface area contributed by atoms with Crippen LogP contribution in [0.15, 0.2) is 91.3 Å². The predicted octanol–water partition coefficient (Wildman–Crippen LogP) is 7.71. The van der Waals surface area contributed by atoms with Gasteiger partial charge in [0.05, 0.1) is 35.6 Å². The average molecular weight is 822 g/mol. The van der Waals surface area contributed by atoms with E-state index in [0.29, 0.717) is 65.8 Å². The third kappa shape index (κ3) is 13.3. The maximum Gasteiger partial charge on any atom is 0.306 e. The summed E-state index contributed by atoms with van der Waals surface area (Å²) in [7, 11) is 0. The topological polar surface area (TPSA) is 191 Å². The zero-order chi connectivity index (χ0) is 42.3. The zero-order valence-corrected chi connectivity index (χ0v) is 33.7. The van der Waals surface area contributed by atoms with E-state index in [0.717, 1.165) is 44.5 Å². The van der Waals surface area contributed by atoms with Crippen LogP contribution in [0.25, 0.3) is 11.1 Å². The van der Waals surface area contributed by atoms with Crippen molar-refractivity contribution >= 4 is 23.5 Å². The van der Waals surface area contributed by atoms with Crippen molar-refractivity contribution in [3.8, 4) is 34.4 Å². The first kappa shape index (κ1) is 44.1. The number of aromatic nitrogens is 1. The fourth-order valence-corrected chi connectivity index (χ4v) is 6.82. The maximum absolute atomic E-state index is 11.0. The molecule has 0 spiro atoms. The van der Waals surface area contributed by atoms with E-state index in [9.17, 15) is 25.1 Å². The van der Waals surface area contributed by atoms with Crippen molar-refractivity contribution in [1.29, 1.82) is 5.26 Å². The van der Waals surface area contributed by atoms with Crippen LogP contribution in [0.4, 0.5) is 0 Å². The average Bonchev–Trinajstić information content (AvgIpc) is 3.20. The Morgan fingerprint density at radius 2 is 1.39 bits per heavy atom. The molecule has 12 nitrogen and oxygen atoms in total. The molecule has 13 heteroatoms. The second kappa shape index (κ2) is 21.7. The Bertz CT molecular complexity index is 2260. The van der Waals surface area contributed by atoms with Gasteiger partial charge in [0.15, 0.2) is 0 Å². The minimum Gasteiger partial charge on any atom is -0.489 e. The lowest BCUT2D eigenvalue weighted by molar-refractivity contribution is -0.140. The van der Waals surface area contributed by atoms with Gasteiger partial charge in [0, 0.05) is 37.1 Å². The Kier molecular flexibility index (Phi) is 16.2. The molecule has 1 heterocycles. The summed E-state index contributed by atoms with van der Waals surface area (Å²) in [5, 5.41) is 50.4. The number of ether oxygens (including phenoxy) is 3. The van der Waals surface area contributed by atoms with Crippen LogP contribution in [0.2, 0.25) is 5.02 Å². The standard InChI is InChI=1S/C46H48ClN3O9/c1-29-35(27-57-39-14-12-31(13-15-39)22-50-25-38(52)19-46(55)56)7-4-10-40(29)41-11-5-8-36(30(41)2)28-59-44-20-43(58-26-33-16-32(21-48)23-49-24-33)34(17-42(44)47)6-3-9-37(51)18-45(53)54/h4-5,7-8,10-17,20,23-24,37-38,50-52H,3,6,9,18-19,22,25-28H2,1-2H3,(H,53,54)(H,55,56)/t37-,38+/m1/s1. The molecule has 0 aliphatic carbocycles. The van der Waals surface area contributed by atoms with E-state index in [1.54, 1.807) is 24.4 Å². The first-order valence-corrected chi connectivity index (χ1v) is 19.6. The van der Waals surface area contributed by atoms with Gasteiger partial charge in [-0.3, -0.25) is 14.6 Å². The third-order valence-electron chi connectivity index (χ3n) is 9.83. The van der Waals surface area contributed by atoms with Gasteiger partial charge in [0.2, 0.25) is 0 Å². The highest BCUT2D eigenvalue weighted by Gasteiger charge is 2.17. The summed E-state index contributed by atoms with van der Waals surface area (Å²) in [5.41, 5.74) is 9.11. The third-order valence-corrected chi connectivity index (χ3v) is 10.1. The summed E-state index contributed by atoms with van der Waals surface area (Å²) in [6, 6.07) is 27.1. The number of aliphatic carboxylic acids is 2. The molecule has 0 fully saturated rings. The van der Waals surface area contributed by atoms with Crippen LogP contribution < -0.4 is 19.5 Å². The largest absolute Gasteiger partial charge is 0.489 e. The number of pyridine rings is 1. The van der Waals surface area contributed by atoms with Gasteiger partial charge < -0.3 is 40.0 Å². The van der Waals surface area contributed by atoms with Crippen LogP contribution in [0.1, 0.15) is 70.2 Å². The van der Waals surface area contributed by atoms with Gasteiger partial charge in [-0.1, -0.05) is 60.1 Å². The molecule has 0 bridgehead atoms. The number of carboxylic acids is 2. The number of halogens is 1. The van der Waals surface area contributed by atoms with Crippen molar-refractivity contribution in [2.45, 2.75) is 84.5 Å². The number of aryl methyl sites for hydroxylation is 1. The predicted molar refractivity (Wildman–Crippen MR) is 222 cm³/mol. The van der Waals surface area contributed by atoms with Crippen LogP contribution in [0, 0.1) is 25.2 Å². The molecule has 5 aromatic rings. The Hall–Kier alpha value is -5.97. The van der Waals surface area contributed by atoms with Crippen molar-refractivity contribution < 1.29 is 44.2 Å². The number of hydrogen-bond acceptors (Lipinski definition) is 10. The van der Waals surface area contributed by atoms with Crippen molar-refractivity contribution in [3.63, 3.8) is 0 Å². The normalized spacial score (nSPS) is 12.0. The molecule has 5 rings (SSSR count). The molecule has 0 amide bonds. The summed E-state index contributed by atoms with van der Waals surface area (Å²) in [6.45, 7) is 5.53. The second-order valence-corrected chi connectivity index (χ2v) is 14.7. The molecule has 0 saturated carbocycles. The van der Waals surface area contributed by atoms with E-state index >= 15 is 0 Å². The van der Waals surface area contributed by atoms with Crippen LogP contribution in [-0.2, 0) is 42.4 Å². The van der Waals surface area contributed by atoms with Crippen LogP contribution >= 0.6 is 11.6 Å². The lowest BCUT2D eigenvalue weighted by atomic mass is 9.92. The number of nitrogens with one attached hydrogen (secondary N) is 1. The smallest absolute Gasteiger partial charge is 0.306 e. The summed E-state index contributed by atoms with van der Waals surface area (Å²) >= 11 is 6.77. The second-order valence-electron chi connectivity index (χ2n) is 14.3. The Morgan fingerprint density at radius 3 is 2.03 bits per heavy atom. The molecule has 0 unspecified atom stereocenters. The van der Waals surface area contributed by atoms with E-state index in [1.807, 2.05) is 48.5 Å². The Morgan fingerprint density at radius 1 is 0.763 bits per heavy atom. The van der Waals surface area contributed by atoms with Crippen LogP contribution in [0.5, 0.6) is 17.2 Å². The van der Waals surface area contributed by atoms with Gasteiger partial charge in [0.25, 0.3) is 0 Å². The van der Waals surface area contributed by atoms with Crippen LogP contribution in [-0.4, -0.2) is 56.1 Å². The molecule has 5 N–H and O–H groups in total. The van der Waals surface area contributed by atoms with E-state index < -0.39 is 24.1 Å². The summed E-state index contributed by atoms with van der Waals surface area (Å²) < 4.78 is 18.7. The first-order chi connectivity index (χ1) is 28.4. The van der Waals surface area contributed by atoms with Crippen molar-refractivity contribution in [2.75, 3.05) is 6.54 Å². The minimum absolute atomic E-state index is 0.137. The maximum atomic E-state index is 11.0. The molecule has 0 radical (unpaired) electrons. The molecule has 59 heavy (non-hydrogen) atoms. The highest BCUT2D eigenvalue weighted by molar-refractivity contribution is 6.32. The zero-order valence-electron chi connectivity index (χ0n) is 33.0. The van der Waals surface area contributed by atoms with Gasteiger partial charge >= 0.3 is 11.9 Å².